The maximum Gasteiger partial charge on any atom is 0.242 e. The maximum absolute atomic E-state index is 13.4. The summed E-state index contributed by atoms with van der Waals surface area (Å²) in [6.45, 7) is 9.61. The van der Waals surface area contributed by atoms with Gasteiger partial charge in [-0.05, 0) is 75.4 Å². The molecule has 0 heterocycles. The fourth-order valence-electron chi connectivity index (χ4n) is 3.87. The van der Waals surface area contributed by atoms with E-state index >= 15 is 0 Å². The highest BCUT2D eigenvalue weighted by Gasteiger charge is 2.28. The second-order valence-corrected chi connectivity index (χ2v) is 12.2. The summed E-state index contributed by atoms with van der Waals surface area (Å²) in [7, 11) is -3.57. The van der Waals surface area contributed by atoms with E-state index in [2.05, 4.69) is 5.32 Å². The summed E-state index contributed by atoms with van der Waals surface area (Å²) in [5.74, 6) is -0.534. The van der Waals surface area contributed by atoms with Crippen molar-refractivity contribution in [2.75, 3.05) is 17.1 Å². The van der Waals surface area contributed by atoms with E-state index in [4.69, 9.17) is 23.2 Å². The van der Waals surface area contributed by atoms with Crippen LogP contribution in [0.3, 0.4) is 0 Å². The summed E-state index contributed by atoms with van der Waals surface area (Å²) in [5, 5.41) is 3.80. The molecule has 0 aliphatic heterocycles. The SMILES string of the molecule is CCC(C)NC(=O)C(C)N(Cc1ccc(Cl)cc1Cl)C(=O)CCCN(c1cccc(C)c1C)S(C)(=O)=O. The Kier molecular flexibility index (Phi) is 11.3. The molecule has 0 bridgehead atoms. The number of nitrogens with zero attached hydrogens (tertiary/aromatic N) is 2. The molecule has 2 rings (SSSR count). The van der Waals surface area contributed by atoms with Crippen molar-refractivity contribution in [3.8, 4) is 0 Å². The van der Waals surface area contributed by atoms with Crippen LogP contribution in [0.15, 0.2) is 36.4 Å². The number of aryl methyl sites for hydroxylation is 1. The normalized spacial score (nSPS) is 13.1. The van der Waals surface area contributed by atoms with Gasteiger partial charge in [-0.1, -0.05) is 48.3 Å². The van der Waals surface area contributed by atoms with Crippen molar-refractivity contribution in [3.63, 3.8) is 0 Å². The molecular weight excluding hydrogens is 533 g/mol. The second kappa shape index (κ2) is 13.5. The first-order chi connectivity index (χ1) is 17.3. The molecule has 2 aromatic rings. The van der Waals surface area contributed by atoms with Gasteiger partial charge >= 0.3 is 0 Å². The molecule has 0 saturated carbocycles. The van der Waals surface area contributed by atoms with Crippen molar-refractivity contribution in [1.29, 1.82) is 0 Å². The molecule has 0 aromatic heterocycles. The second-order valence-electron chi connectivity index (χ2n) is 9.41. The van der Waals surface area contributed by atoms with Gasteiger partial charge in [-0.3, -0.25) is 13.9 Å². The molecule has 37 heavy (non-hydrogen) atoms. The van der Waals surface area contributed by atoms with E-state index in [1.807, 2.05) is 39.8 Å². The summed E-state index contributed by atoms with van der Waals surface area (Å²) >= 11 is 12.4. The monoisotopic (exact) mass is 569 g/mol. The molecular formula is C27H37Cl2N3O4S. The fraction of sp³-hybridized carbons (Fsp3) is 0.481. The van der Waals surface area contributed by atoms with Crippen LogP contribution in [0.2, 0.25) is 10.0 Å². The predicted octanol–water partition coefficient (Wildman–Crippen LogP) is 5.49. The Morgan fingerprint density at radius 1 is 1.08 bits per heavy atom. The lowest BCUT2D eigenvalue weighted by atomic mass is 10.1. The lowest BCUT2D eigenvalue weighted by Crippen LogP contribution is -2.49. The number of rotatable bonds is 12. The molecule has 0 aliphatic carbocycles. The molecule has 0 aliphatic rings. The van der Waals surface area contributed by atoms with E-state index in [1.54, 1.807) is 31.2 Å². The third kappa shape index (κ3) is 8.62. The van der Waals surface area contributed by atoms with E-state index in [9.17, 15) is 18.0 Å². The van der Waals surface area contributed by atoms with E-state index in [1.165, 1.54) is 9.21 Å². The van der Waals surface area contributed by atoms with Crippen LogP contribution >= 0.6 is 23.2 Å². The van der Waals surface area contributed by atoms with Crippen LogP contribution in [0.25, 0.3) is 0 Å². The predicted molar refractivity (Wildman–Crippen MR) is 152 cm³/mol. The number of carbonyl (C=O) groups excluding carboxylic acids is 2. The zero-order chi connectivity index (χ0) is 27.9. The minimum absolute atomic E-state index is 0.0353. The van der Waals surface area contributed by atoms with Crippen LogP contribution in [0.5, 0.6) is 0 Å². The minimum Gasteiger partial charge on any atom is -0.352 e. The van der Waals surface area contributed by atoms with Crippen molar-refractivity contribution in [2.24, 2.45) is 0 Å². The van der Waals surface area contributed by atoms with E-state index in [0.717, 1.165) is 23.8 Å². The van der Waals surface area contributed by atoms with Gasteiger partial charge in [-0.15, -0.1) is 0 Å². The van der Waals surface area contributed by atoms with Gasteiger partial charge in [0.05, 0.1) is 11.9 Å². The number of nitrogens with one attached hydrogen (secondary N) is 1. The van der Waals surface area contributed by atoms with E-state index < -0.39 is 16.1 Å². The summed E-state index contributed by atoms with van der Waals surface area (Å²) in [4.78, 5) is 27.8. The highest BCUT2D eigenvalue weighted by molar-refractivity contribution is 7.92. The topological polar surface area (TPSA) is 86.8 Å². The summed E-state index contributed by atoms with van der Waals surface area (Å²) in [6.07, 6.45) is 2.26. The largest absolute Gasteiger partial charge is 0.352 e. The first-order valence-electron chi connectivity index (χ1n) is 12.3. The van der Waals surface area contributed by atoms with Crippen LogP contribution in [-0.2, 0) is 26.2 Å². The Bertz CT molecular complexity index is 1220. The van der Waals surface area contributed by atoms with E-state index in [-0.39, 0.29) is 43.8 Å². The molecule has 2 aromatic carbocycles. The van der Waals surface area contributed by atoms with Gasteiger partial charge in [0, 0.05) is 35.6 Å². The Labute approximate surface area is 231 Å². The molecule has 0 fully saturated rings. The first-order valence-corrected chi connectivity index (χ1v) is 14.9. The number of sulfonamides is 1. The molecule has 2 atom stereocenters. The lowest BCUT2D eigenvalue weighted by molar-refractivity contribution is -0.140. The number of amides is 2. The number of hydrogen-bond donors (Lipinski definition) is 1. The minimum atomic E-state index is -3.57. The first kappa shape index (κ1) is 30.9. The Hall–Kier alpha value is -2.29. The third-order valence-corrected chi connectivity index (χ3v) is 8.29. The highest BCUT2D eigenvalue weighted by Crippen LogP contribution is 2.26. The molecule has 204 valence electrons. The van der Waals surface area contributed by atoms with Crippen molar-refractivity contribution in [1.82, 2.24) is 10.2 Å². The molecule has 2 amide bonds. The van der Waals surface area contributed by atoms with Crippen molar-refractivity contribution < 1.29 is 18.0 Å². The van der Waals surface area contributed by atoms with Crippen molar-refractivity contribution >= 4 is 50.7 Å². The average Bonchev–Trinajstić information content (AvgIpc) is 2.82. The Morgan fingerprint density at radius 3 is 2.35 bits per heavy atom. The Balaban J connectivity index is 2.25. The number of benzene rings is 2. The van der Waals surface area contributed by atoms with Gasteiger partial charge in [0.2, 0.25) is 21.8 Å². The number of anilines is 1. The highest BCUT2D eigenvalue weighted by atomic mass is 35.5. The van der Waals surface area contributed by atoms with Crippen LogP contribution in [-0.4, -0.2) is 50.0 Å². The van der Waals surface area contributed by atoms with Gasteiger partial charge < -0.3 is 10.2 Å². The molecule has 1 N–H and O–H groups in total. The Morgan fingerprint density at radius 2 is 1.76 bits per heavy atom. The molecule has 0 saturated heterocycles. The van der Waals surface area contributed by atoms with Gasteiger partial charge in [-0.25, -0.2) is 8.42 Å². The van der Waals surface area contributed by atoms with Gasteiger partial charge in [-0.2, -0.15) is 0 Å². The van der Waals surface area contributed by atoms with Crippen molar-refractivity contribution in [2.45, 2.75) is 72.5 Å². The number of halogens is 2. The van der Waals surface area contributed by atoms with Crippen LogP contribution < -0.4 is 9.62 Å². The van der Waals surface area contributed by atoms with Gasteiger partial charge in [0.15, 0.2) is 0 Å². The standard InChI is InChI=1S/C27H37Cl2N3O4S/c1-7-19(3)30-27(34)21(5)31(17-22-13-14-23(28)16-24(22)29)26(33)12-9-15-32(37(6,35)36)25-11-8-10-18(2)20(25)4/h8,10-11,13-14,16,19,21H,7,9,12,15,17H2,1-6H3,(H,30,34). The third-order valence-electron chi connectivity index (χ3n) is 6.52. The van der Waals surface area contributed by atoms with Crippen molar-refractivity contribution in [3.05, 3.63) is 63.1 Å². The van der Waals surface area contributed by atoms with Gasteiger partial charge in [0.25, 0.3) is 0 Å². The molecule has 0 spiro atoms. The molecule has 2 unspecified atom stereocenters. The fourth-order valence-corrected chi connectivity index (χ4v) is 5.35. The summed E-state index contributed by atoms with van der Waals surface area (Å²) in [5.41, 5.74) is 3.11. The summed E-state index contributed by atoms with van der Waals surface area (Å²) in [6, 6.07) is 9.73. The molecule has 10 heteroatoms. The number of carbonyl (C=O) groups is 2. The zero-order valence-electron chi connectivity index (χ0n) is 22.3. The summed E-state index contributed by atoms with van der Waals surface area (Å²) < 4.78 is 26.5. The maximum atomic E-state index is 13.4. The smallest absolute Gasteiger partial charge is 0.242 e. The van der Waals surface area contributed by atoms with Gasteiger partial charge in [0.1, 0.15) is 6.04 Å². The zero-order valence-corrected chi connectivity index (χ0v) is 24.7. The number of hydrogen-bond acceptors (Lipinski definition) is 4. The average molecular weight is 571 g/mol. The van der Waals surface area contributed by atoms with Crippen LogP contribution in [0.1, 0.15) is 56.7 Å². The van der Waals surface area contributed by atoms with Crippen LogP contribution in [0, 0.1) is 13.8 Å². The van der Waals surface area contributed by atoms with E-state index in [0.29, 0.717) is 21.3 Å². The van der Waals surface area contributed by atoms with Crippen LogP contribution in [0.4, 0.5) is 5.69 Å². The lowest BCUT2D eigenvalue weighted by Gasteiger charge is -2.30. The quantitative estimate of drug-likeness (QED) is 0.366. The molecule has 0 radical (unpaired) electrons. The molecule has 7 nitrogen and oxygen atoms in total.